The lowest BCUT2D eigenvalue weighted by atomic mass is 10.0. The molecule has 2 N–H and O–H groups in total. The van der Waals surface area contributed by atoms with Gasteiger partial charge in [0.25, 0.3) is 0 Å². The molecule has 1 rings (SSSR count). The maximum Gasteiger partial charge on any atom is 0.0990 e. The van der Waals surface area contributed by atoms with Gasteiger partial charge in [-0.3, -0.25) is 0 Å². The predicted molar refractivity (Wildman–Crippen MR) is 36.0 cm³/mol. The molecule has 0 radical (unpaired) electrons. The van der Waals surface area contributed by atoms with Gasteiger partial charge in [0.1, 0.15) is 0 Å². The fraction of sp³-hybridized carbons (Fsp3) is 1.00. The van der Waals surface area contributed by atoms with Gasteiger partial charge in [-0.25, -0.2) is 0 Å². The van der Waals surface area contributed by atoms with E-state index in [4.69, 9.17) is 5.73 Å². The Kier molecular flexibility index (Phi) is 1.81. The van der Waals surface area contributed by atoms with Crippen LogP contribution in [0.5, 0.6) is 0 Å². The van der Waals surface area contributed by atoms with E-state index in [1.165, 1.54) is 0 Å². The smallest absolute Gasteiger partial charge is 0.0990 e. The zero-order chi connectivity index (χ0) is 6.74. The van der Waals surface area contributed by atoms with E-state index in [0.29, 0.717) is 6.54 Å². The van der Waals surface area contributed by atoms with E-state index in [-0.39, 0.29) is 5.54 Å². The summed E-state index contributed by atoms with van der Waals surface area (Å²) in [7, 11) is 0. The Morgan fingerprint density at radius 2 is 2.00 bits per heavy atom. The van der Waals surface area contributed by atoms with E-state index in [1.807, 2.05) is 0 Å². The van der Waals surface area contributed by atoms with Gasteiger partial charge in [0, 0.05) is 5.54 Å². The molecule has 0 bridgehead atoms. The number of nitrogens with two attached hydrogens (primary N) is 1. The second-order valence-corrected chi connectivity index (χ2v) is 2.86. The fourth-order valence-corrected chi connectivity index (χ4v) is 1.37. The highest BCUT2D eigenvalue weighted by atomic mass is 16.3. The first-order chi connectivity index (χ1) is 4.27. The molecule has 1 fully saturated rings. The summed E-state index contributed by atoms with van der Waals surface area (Å²) in [5.41, 5.74) is 5.54. The maximum absolute atomic E-state index is 9.84. The Bertz CT molecular complexity index is 108. The number of rotatable bonds is 2. The highest BCUT2D eigenvalue weighted by Crippen LogP contribution is 2.26. The van der Waals surface area contributed by atoms with Crippen molar-refractivity contribution in [3.8, 4) is 0 Å². The molecular formula is C6H12N2O. The van der Waals surface area contributed by atoms with Gasteiger partial charge in [0.15, 0.2) is 0 Å². The van der Waals surface area contributed by atoms with Crippen LogP contribution in [-0.4, -0.2) is 12.1 Å². The van der Waals surface area contributed by atoms with Crippen molar-refractivity contribution in [2.24, 2.45) is 10.9 Å². The van der Waals surface area contributed by atoms with Crippen molar-refractivity contribution in [3.05, 3.63) is 4.91 Å². The summed E-state index contributed by atoms with van der Waals surface area (Å²) in [4.78, 5) is 9.84. The zero-order valence-corrected chi connectivity index (χ0v) is 5.47. The topological polar surface area (TPSA) is 55.4 Å². The van der Waals surface area contributed by atoms with E-state index in [0.717, 1.165) is 25.7 Å². The van der Waals surface area contributed by atoms with Crippen LogP contribution in [0.3, 0.4) is 0 Å². The van der Waals surface area contributed by atoms with Crippen LogP contribution in [0.4, 0.5) is 0 Å². The molecule has 0 amide bonds. The Balaban J connectivity index is 2.40. The van der Waals surface area contributed by atoms with Gasteiger partial charge in [0.05, 0.1) is 6.54 Å². The molecule has 9 heavy (non-hydrogen) atoms. The summed E-state index contributed by atoms with van der Waals surface area (Å²) in [6.07, 6.45) is 4.26. The van der Waals surface area contributed by atoms with Gasteiger partial charge in [-0.15, -0.1) is 0 Å². The third kappa shape index (κ3) is 1.48. The average molecular weight is 128 g/mol. The van der Waals surface area contributed by atoms with Crippen molar-refractivity contribution in [2.45, 2.75) is 31.2 Å². The fourth-order valence-electron chi connectivity index (χ4n) is 1.37. The third-order valence-electron chi connectivity index (χ3n) is 1.98. The minimum atomic E-state index is -0.234. The standard InChI is InChI=1S/C6H12N2O/c7-6(5-8-9)3-1-2-4-6/h1-5,7H2. The first kappa shape index (κ1) is 6.68. The Morgan fingerprint density at radius 3 is 2.44 bits per heavy atom. The second-order valence-electron chi connectivity index (χ2n) is 2.86. The largest absolute Gasteiger partial charge is 0.323 e. The number of nitrogens with zero attached hydrogens (tertiary/aromatic N) is 1. The summed E-state index contributed by atoms with van der Waals surface area (Å²) in [6, 6.07) is 0. The second kappa shape index (κ2) is 2.43. The highest BCUT2D eigenvalue weighted by Gasteiger charge is 2.29. The average Bonchev–Trinajstić information content (AvgIpc) is 2.16. The van der Waals surface area contributed by atoms with Gasteiger partial charge in [-0.1, -0.05) is 18.0 Å². The summed E-state index contributed by atoms with van der Waals surface area (Å²) >= 11 is 0. The molecule has 0 spiro atoms. The first-order valence-corrected chi connectivity index (χ1v) is 3.35. The van der Waals surface area contributed by atoms with Gasteiger partial charge in [-0.2, -0.15) is 4.91 Å². The van der Waals surface area contributed by atoms with E-state index in [1.54, 1.807) is 0 Å². The molecule has 0 aromatic rings. The van der Waals surface area contributed by atoms with E-state index in [9.17, 15) is 4.91 Å². The van der Waals surface area contributed by atoms with Crippen molar-refractivity contribution in [3.63, 3.8) is 0 Å². The van der Waals surface area contributed by atoms with Crippen molar-refractivity contribution in [2.75, 3.05) is 6.54 Å². The molecule has 3 heteroatoms. The third-order valence-corrected chi connectivity index (χ3v) is 1.98. The Labute approximate surface area is 54.6 Å². The van der Waals surface area contributed by atoms with E-state index < -0.39 is 0 Å². The minimum Gasteiger partial charge on any atom is -0.323 e. The summed E-state index contributed by atoms with van der Waals surface area (Å²) in [6.45, 7) is 0.299. The van der Waals surface area contributed by atoms with Crippen LogP contribution in [0.25, 0.3) is 0 Å². The molecule has 0 saturated heterocycles. The minimum absolute atomic E-state index is 0.234. The van der Waals surface area contributed by atoms with Crippen LogP contribution in [0.15, 0.2) is 5.18 Å². The number of hydrogen-bond donors (Lipinski definition) is 1. The number of hydrogen-bond acceptors (Lipinski definition) is 3. The lowest BCUT2D eigenvalue weighted by Gasteiger charge is -2.17. The quantitative estimate of drug-likeness (QED) is 0.564. The van der Waals surface area contributed by atoms with Gasteiger partial charge >= 0.3 is 0 Å². The van der Waals surface area contributed by atoms with Crippen LogP contribution in [0.1, 0.15) is 25.7 Å². The normalized spacial score (nSPS) is 24.1. The molecule has 0 unspecified atom stereocenters. The van der Waals surface area contributed by atoms with Gasteiger partial charge < -0.3 is 5.73 Å². The van der Waals surface area contributed by atoms with Crippen LogP contribution in [-0.2, 0) is 0 Å². The van der Waals surface area contributed by atoms with Crippen LogP contribution in [0.2, 0.25) is 0 Å². The molecular weight excluding hydrogens is 116 g/mol. The van der Waals surface area contributed by atoms with Gasteiger partial charge in [0.2, 0.25) is 0 Å². The summed E-state index contributed by atoms with van der Waals surface area (Å²) in [5, 5.41) is 2.81. The number of nitroso groups, excluding NO2 is 1. The molecule has 52 valence electrons. The summed E-state index contributed by atoms with van der Waals surface area (Å²) < 4.78 is 0. The van der Waals surface area contributed by atoms with Crippen LogP contribution < -0.4 is 5.73 Å². The first-order valence-electron chi connectivity index (χ1n) is 3.35. The zero-order valence-electron chi connectivity index (χ0n) is 5.47. The van der Waals surface area contributed by atoms with Gasteiger partial charge in [-0.05, 0) is 12.8 Å². The molecule has 0 aliphatic heterocycles. The van der Waals surface area contributed by atoms with Crippen molar-refractivity contribution >= 4 is 0 Å². The molecule has 0 heterocycles. The molecule has 0 atom stereocenters. The predicted octanol–water partition coefficient (Wildman–Crippen LogP) is 1.02. The monoisotopic (exact) mass is 128 g/mol. The van der Waals surface area contributed by atoms with Crippen LogP contribution in [0, 0.1) is 4.91 Å². The molecule has 3 nitrogen and oxygen atoms in total. The molecule has 0 aromatic heterocycles. The van der Waals surface area contributed by atoms with Crippen LogP contribution >= 0.6 is 0 Å². The molecule has 1 aliphatic carbocycles. The van der Waals surface area contributed by atoms with Crippen molar-refractivity contribution in [1.82, 2.24) is 0 Å². The van der Waals surface area contributed by atoms with Crippen molar-refractivity contribution in [1.29, 1.82) is 0 Å². The maximum atomic E-state index is 9.84. The van der Waals surface area contributed by atoms with Crippen molar-refractivity contribution < 1.29 is 0 Å². The molecule has 1 aliphatic rings. The van der Waals surface area contributed by atoms with E-state index >= 15 is 0 Å². The lowest BCUT2D eigenvalue weighted by Crippen LogP contribution is -2.39. The summed E-state index contributed by atoms with van der Waals surface area (Å²) in [5.74, 6) is 0. The molecule has 1 saturated carbocycles. The Morgan fingerprint density at radius 1 is 1.44 bits per heavy atom. The molecule has 0 aromatic carbocycles. The van der Waals surface area contributed by atoms with E-state index in [2.05, 4.69) is 5.18 Å². The SMILES string of the molecule is NC1(CN=O)CCCC1. The highest BCUT2D eigenvalue weighted by molar-refractivity contribution is 4.90. The lowest BCUT2D eigenvalue weighted by molar-refractivity contribution is 0.451. The Hall–Kier alpha value is -0.440.